The van der Waals surface area contributed by atoms with Gasteiger partial charge in [0, 0.05) is 0 Å². The van der Waals surface area contributed by atoms with Gasteiger partial charge in [0.1, 0.15) is 0 Å². The summed E-state index contributed by atoms with van der Waals surface area (Å²) in [7, 11) is 0. The van der Waals surface area contributed by atoms with Crippen LogP contribution in [0.15, 0.2) is 0 Å². The summed E-state index contributed by atoms with van der Waals surface area (Å²) in [6.07, 6.45) is -2.13. The van der Waals surface area contributed by atoms with E-state index >= 15 is 0 Å². The van der Waals surface area contributed by atoms with Crippen molar-refractivity contribution in [1.82, 2.24) is 0 Å². The lowest BCUT2D eigenvalue weighted by atomic mass is 9.86. The lowest BCUT2D eigenvalue weighted by Crippen LogP contribution is -2.28. The molecule has 0 radical (unpaired) electrons. The van der Waals surface area contributed by atoms with Gasteiger partial charge in [0.15, 0.2) is 0 Å². The van der Waals surface area contributed by atoms with E-state index in [2.05, 4.69) is 0 Å². The fourth-order valence-electron chi connectivity index (χ4n) is 2.19. The molecule has 2 unspecified atom stereocenters. The van der Waals surface area contributed by atoms with Crippen LogP contribution in [0.4, 0.5) is 13.2 Å². The second-order valence-electron chi connectivity index (χ2n) is 3.99. The standard InChI is InChI=1S/C9H15F3/c1-6(2)7-4-3-5-8(7)9(10,11)12/h6-8H,3-5H2,1-2H3. The Hall–Kier alpha value is -0.210. The number of halogens is 3. The quantitative estimate of drug-likeness (QED) is 0.578. The Morgan fingerprint density at radius 3 is 2.08 bits per heavy atom. The molecule has 0 aromatic heterocycles. The number of alkyl halides is 3. The zero-order valence-corrected chi connectivity index (χ0v) is 7.49. The van der Waals surface area contributed by atoms with E-state index in [0.29, 0.717) is 6.42 Å². The third kappa shape index (κ3) is 1.93. The molecule has 1 fully saturated rings. The monoisotopic (exact) mass is 180 g/mol. The maximum atomic E-state index is 12.4. The Morgan fingerprint density at radius 2 is 1.75 bits per heavy atom. The molecule has 0 nitrogen and oxygen atoms in total. The molecule has 72 valence electrons. The molecule has 1 saturated carbocycles. The van der Waals surface area contributed by atoms with E-state index in [4.69, 9.17) is 0 Å². The van der Waals surface area contributed by atoms with Crippen molar-refractivity contribution in [3.8, 4) is 0 Å². The highest BCUT2D eigenvalue weighted by molar-refractivity contribution is 4.84. The molecule has 0 aromatic carbocycles. The summed E-state index contributed by atoms with van der Waals surface area (Å²) in [5, 5.41) is 0. The van der Waals surface area contributed by atoms with E-state index in [9.17, 15) is 13.2 Å². The molecule has 0 N–H and O–H groups in total. The molecule has 0 amide bonds. The van der Waals surface area contributed by atoms with Crippen molar-refractivity contribution in [1.29, 1.82) is 0 Å². The minimum Gasteiger partial charge on any atom is -0.171 e. The molecule has 1 aliphatic carbocycles. The first-order valence-electron chi connectivity index (χ1n) is 4.49. The molecule has 0 bridgehead atoms. The normalized spacial score (nSPS) is 31.5. The first-order valence-corrected chi connectivity index (χ1v) is 4.49. The van der Waals surface area contributed by atoms with E-state index in [0.717, 1.165) is 12.8 Å². The zero-order chi connectivity index (χ0) is 9.35. The van der Waals surface area contributed by atoms with Crippen LogP contribution in [0.1, 0.15) is 33.1 Å². The largest absolute Gasteiger partial charge is 0.392 e. The third-order valence-corrected chi connectivity index (χ3v) is 2.85. The number of rotatable bonds is 1. The minimum absolute atomic E-state index is 0.134. The Morgan fingerprint density at radius 1 is 1.17 bits per heavy atom. The molecule has 2 atom stereocenters. The predicted octanol–water partition coefficient (Wildman–Crippen LogP) is 3.62. The molecule has 3 heteroatoms. The molecular weight excluding hydrogens is 165 g/mol. The van der Waals surface area contributed by atoms with E-state index in [1.807, 2.05) is 13.8 Å². The minimum atomic E-state index is -3.97. The second kappa shape index (κ2) is 3.27. The van der Waals surface area contributed by atoms with Crippen molar-refractivity contribution in [2.24, 2.45) is 17.8 Å². The van der Waals surface area contributed by atoms with Crippen molar-refractivity contribution in [3.05, 3.63) is 0 Å². The van der Waals surface area contributed by atoms with Crippen LogP contribution >= 0.6 is 0 Å². The van der Waals surface area contributed by atoms with Crippen molar-refractivity contribution in [2.45, 2.75) is 39.3 Å². The molecule has 0 aliphatic heterocycles. The summed E-state index contributed by atoms with van der Waals surface area (Å²) < 4.78 is 37.1. The van der Waals surface area contributed by atoms with Gasteiger partial charge in [-0.25, -0.2) is 0 Å². The van der Waals surface area contributed by atoms with Gasteiger partial charge >= 0.3 is 6.18 Å². The van der Waals surface area contributed by atoms with Gasteiger partial charge in [0.2, 0.25) is 0 Å². The van der Waals surface area contributed by atoms with Crippen LogP contribution in [0.2, 0.25) is 0 Å². The van der Waals surface area contributed by atoms with Gasteiger partial charge in [-0.15, -0.1) is 0 Å². The fourth-order valence-corrected chi connectivity index (χ4v) is 2.19. The lowest BCUT2D eigenvalue weighted by molar-refractivity contribution is -0.186. The van der Waals surface area contributed by atoms with Crippen LogP contribution in [0, 0.1) is 17.8 Å². The summed E-state index contributed by atoms with van der Waals surface area (Å²) in [4.78, 5) is 0. The van der Waals surface area contributed by atoms with Crippen LogP contribution in [-0.4, -0.2) is 6.18 Å². The average molecular weight is 180 g/mol. The Balaban J connectivity index is 2.64. The maximum absolute atomic E-state index is 12.4. The van der Waals surface area contributed by atoms with Crippen LogP contribution in [0.5, 0.6) is 0 Å². The van der Waals surface area contributed by atoms with E-state index in [1.165, 1.54) is 0 Å². The Bertz CT molecular complexity index is 148. The van der Waals surface area contributed by atoms with Crippen molar-refractivity contribution in [3.63, 3.8) is 0 Å². The average Bonchev–Trinajstić information content (AvgIpc) is 2.30. The van der Waals surface area contributed by atoms with Crippen LogP contribution < -0.4 is 0 Å². The highest BCUT2D eigenvalue weighted by atomic mass is 19.4. The summed E-state index contributed by atoms with van der Waals surface area (Å²) >= 11 is 0. The second-order valence-corrected chi connectivity index (χ2v) is 3.99. The molecule has 0 spiro atoms. The smallest absolute Gasteiger partial charge is 0.171 e. The van der Waals surface area contributed by atoms with Gasteiger partial charge < -0.3 is 0 Å². The summed E-state index contributed by atoms with van der Waals surface area (Å²) in [5.74, 6) is -0.998. The van der Waals surface area contributed by atoms with Crippen LogP contribution in [-0.2, 0) is 0 Å². The van der Waals surface area contributed by atoms with Gasteiger partial charge in [-0.1, -0.05) is 20.3 Å². The highest BCUT2D eigenvalue weighted by Gasteiger charge is 2.47. The Kier molecular flexibility index (Phi) is 2.69. The Labute approximate surface area is 71.1 Å². The first kappa shape index (κ1) is 9.87. The predicted molar refractivity (Wildman–Crippen MR) is 41.7 cm³/mol. The number of hydrogen-bond acceptors (Lipinski definition) is 0. The van der Waals surface area contributed by atoms with Crippen LogP contribution in [0.3, 0.4) is 0 Å². The van der Waals surface area contributed by atoms with Gasteiger partial charge in [0.25, 0.3) is 0 Å². The fraction of sp³-hybridized carbons (Fsp3) is 1.00. The molecule has 0 aromatic rings. The van der Waals surface area contributed by atoms with Crippen molar-refractivity contribution in [2.75, 3.05) is 0 Å². The van der Waals surface area contributed by atoms with E-state index in [1.54, 1.807) is 0 Å². The first-order chi connectivity index (χ1) is 5.43. The SMILES string of the molecule is CC(C)C1CCCC1C(F)(F)F. The number of hydrogen-bond donors (Lipinski definition) is 0. The molecule has 0 heterocycles. The molecule has 0 saturated heterocycles. The van der Waals surface area contributed by atoms with Crippen LogP contribution in [0.25, 0.3) is 0 Å². The van der Waals surface area contributed by atoms with E-state index < -0.39 is 12.1 Å². The lowest BCUT2D eigenvalue weighted by Gasteiger charge is -2.25. The molecular formula is C9H15F3. The van der Waals surface area contributed by atoms with Gasteiger partial charge in [-0.2, -0.15) is 13.2 Å². The summed E-state index contributed by atoms with van der Waals surface area (Å²) in [6, 6.07) is 0. The zero-order valence-electron chi connectivity index (χ0n) is 7.49. The van der Waals surface area contributed by atoms with Crippen molar-refractivity contribution < 1.29 is 13.2 Å². The highest BCUT2D eigenvalue weighted by Crippen LogP contribution is 2.45. The maximum Gasteiger partial charge on any atom is 0.392 e. The van der Waals surface area contributed by atoms with Gasteiger partial charge in [-0.3, -0.25) is 0 Å². The van der Waals surface area contributed by atoms with Gasteiger partial charge in [0.05, 0.1) is 5.92 Å². The molecule has 1 rings (SSSR count). The topological polar surface area (TPSA) is 0 Å². The summed E-state index contributed by atoms with van der Waals surface area (Å²) in [6.45, 7) is 3.77. The molecule has 1 aliphatic rings. The van der Waals surface area contributed by atoms with Crippen molar-refractivity contribution >= 4 is 0 Å². The third-order valence-electron chi connectivity index (χ3n) is 2.85. The summed E-state index contributed by atoms with van der Waals surface area (Å²) in [5.41, 5.74) is 0. The van der Waals surface area contributed by atoms with Gasteiger partial charge in [-0.05, 0) is 24.7 Å². The van der Waals surface area contributed by atoms with E-state index in [-0.39, 0.29) is 11.8 Å². The molecule has 12 heavy (non-hydrogen) atoms.